The van der Waals surface area contributed by atoms with Crippen molar-refractivity contribution in [3.05, 3.63) is 6.33 Å². The molecule has 25 heavy (non-hydrogen) atoms. The van der Waals surface area contributed by atoms with Gasteiger partial charge >= 0.3 is 12.1 Å². The highest BCUT2D eigenvalue weighted by Crippen LogP contribution is 2.32. The van der Waals surface area contributed by atoms with Crippen LogP contribution in [0.2, 0.25) is 0 Å². The molecular weight excluding hydrogens is 344 g/mol. The minimum Gasteiger partial charge on any atom is -0.441 e. The molecule has 10 heteroatoms. The first kappa shape index (κ1) is 17.8. The number of rotatable bonds is 4. The number of amides is 3. The van der Waals surface area contributed by atoms with Crippen LogP contribution in [0.3, 0.4) is 0 Å². The van der Waals surface area contributed by atoms with Crippen molar-refractivity contribution >= 4 is 23.9 Å². The van der Waals surface area contributed by atoms with Crippen molar-refractivity contribution in [2.24, 2.45) is 7.05 Å². The van der Waals surface area contributed by atoms with Crippen LogP contribution in [0.15, 0.2) is 11.5 Å². The Balaban J connectivity index is 1.42. The maximum absolute atomic E-state index is 12.4. The summed E-state index contributed by atoms with van der Waals surface area (Å²) >= 11 is 1.56. The van der Waals surface area contributed by atoms with Crippen LogP contribution in [-0.2, 0) is 11.8 Å². The molecule has 3 heterocycles. The molecule has 2 aliphatic heterocycles. The maximum atomic E-state index is 12.4. The standard InChI is InChI=1S/C15H24N6O3S/c1-19-10-15(24-14(19)23)4-3-7-21(8-5-15)12(22)16-6-9-25-13-18-17-11-20(13)2/h11H,3-10H2,1-2H3,(H,16,22)/t15-/m1/s1. The molecule has 3 rings (SSSR count). The van der Waals surface area contributed by atoms with Crippen LogP contribution in [0.1, 0.15) is 19.3 Å². The zero-order chi connectivity index (χ0) is 17.9. The lowest BCUT2D eigenvalue weighted by Gasteiger charge is -2.25. The largest absolute Gasteiger partial charge is 0.441 e. The van der Waals surface area contributed by atoms with Crippen molar-refractivity contribution in [3.8, 4) is 0 Å². The number of thioether (sulfide) groups is 1. The van der Waals surface area contributed by atoms with Gasteiger partial charge < -0.3 is 24.4 Å². The number of nitrogens with one attached hydrogen (secondary N) is 1. The summed E-state index contributed by atoms with van der Waals surface area (Å²) in [5, 5.41) is 11.6. The number of aryl methyl sites for hydroxylation is 1. The molecule has 1 spiro atoms. The van der Waals surface area contributed by atoms with Crippen LogP contribution in [-0.4, -0.2) is 81.3 Å². The molecule has 9 nitrogen and oxygen atoms in total. The van der Waals surface area contributed by atoms with E-state index in [9.17, 15) is 9.59 Å². The van der Waals surface area contributed by atoms with Crippen molar-refractivity contribution in [1.82, 2.24) is 29.9 Å². The second-order valence-corrected chi connectivity index (χ2v) is 7.61. The van der Waals surface area contributed by atoms with Gasteiger partial charge in [-0.25, -0.2) is 9.59 Å². The summed E-state index contributed by atoms with van der Waals surface area (Å²) in [5.74, 6) is 0.735. The molecule has 2 fully saturated rings. The molecule has 1 atom stereocenters. The Morgan fingerprint density at radius 1 is 1.40 bits per heavy atom. The minimum atomic E-state index is -0.429. The lowest BCUT2D eigenvalue weighted by molar-refractivity contribution is 0.0453. The molecule has 3 amide bonds. The van der Waals surface area contributed by atoms with E-state index in [1.165, 1.54) is 0 Å². The third kappa shape index (κ3) is 4.17. The van der Waals surface area contributed by atoms with Gasteiger partial charge in [-0.1, -0.05) is 11.8 Å². The minimum absolute atomic E-state index is 0.0618. The van der Waals surface area contributed by atoms with Gasteiger partial charge in [-0.15, -0.1) is 10.2 Å². The number of carbonyl (C=O) groups excluding carboxylic acids is 2. The van der Waals surface area contributed by atoms with Gasteiger partial charge in [0.2, 0.25) is 0 Å². The maximum Gasteiger partial charge on any atom is 0.410 e. The van der Waals surface area contributed by atoms with Gasteiger partial charge in [0.25, 0.3) is 0 Å². The van der Waals surface area contributed by atoms with Crippen LogP contribution in [0.4, 0.5) is 9.59 Å². The van der Waals surface area contributed by atoms with Gasteiger partial charge in [-0.2, -0.15) is 0 Å². The van der Waals surface area contributed by atoms with Gasteiger partial charge in [0.05, 0.1) is 6.54 Å². The fourth-order valence-electron chi connectivity index (χ4n) is 3.24. The van der Waals surface area contributed by atoms with Crippen LogP contribution in [0.5, 0.6) is 0 Å². The Bertz CT molecular complexity index is 639. The second kappa shape index (κ2) is 7.51. The smallest absolute Gasteiger partial charge is 0.410 e. The predicted octanol–water partition coefficient (Wildman–Crippen LogP) is 0.923. The van der Waals surface area contributed by atoms with Crippen LogP contribution < -0.4 is 5.32 Å². The van der Waals surface area contributed by atoms with E-state index in [2.05, 4.69) is 15.5 Å². The molecule has 2 aliphatic rings. The van der Waals surface area contributed by atoms with Crippen molar-refractivity contribution in [2.45, 2.75) is 30.0 Å². The zero-order valence-corrected chi connectivity index (χ0v) is 15.4. The molecule has 0 saturated carbocycles. The Morgan fingerprint density at radius 3 is 2.92 bits per heavy atom. The molecule has 0 aliphatic carbocycles. The van der Waals surface area contributed by atoms with E-state index >= 15 is 0 Å². The number of likely N-dealkylation sites (N-methyl/N-ethyl adjacent to an activating group) is 1. The highest BCUT2D eigenvalue weighted by atomic mass is 32.2. The SMILES string of the molecule is CN1C[C@]2(CCCN(C(=O)NCCSc3nncn3C)CC2)OC1=O. The summed E-state index contributed by atoms with van der Waals surface area (Å²) in [6.07, 6.45) is 3.71. The van der Waals surface area contributed by atoms with E-state index in [-0.39, 0.29) is 12.1 Å². The predicted molar refractivity (Wildman–Crippen MR) is 92.4 cm³/mol. The van der Waals surface area contributed by atoms with Crippen molar-refractivity contribution in [3.63, 3.8) is 0 Å². The normalized spacial score (nSPS) is 23.7. The number of urea groups is 1. The van der Waals surface area contributed by atoms with Crippen molar-refractivity contribution in [2.75, 3.05) is 39.0 Å². The second-order valence-electron chi connectivity index (χ2n) is 6.55. The van der Waals surface area contributed by atoms with E-state index in [1.807, 2.05) is 16.5 Å². The summed E-state index contributed by atoms with van der Waals surface area (Å²) < 4.78 is 7.42. The Morgan fingerprint density at radius 2 is 2.24 bits per heavy atom. The Hall–Kier alpha value is -1.97. The van der Waals surface area contributed by atoms with Crippen LogP contribution in [0.25, 0.3) is 0 Å². The number of carbonyl (C=O) groups is 2. The first-order valence-electron chi connectivity index (χ1n) is 8.43. The monoisotopic (exact) mass is 368 g/mol. The molecule has 1 N–H and O–H groups in total. The first-order valence-corrected chi connectivity index (χ1v) is 9.41. The van der Waals surface area contributed by atoms with Gasteiger partial charge in [0.1, 0.15) is 11.9 Å². The molecule has 1 aromatic heterocycles. The van der Waals surface area contributed by atoms with E-state index in [0.717, 1.165) is 23.8 Å². The van der Waals surface area contributed by atoms with E-state index in [0.29, 0.717) is 32.6 Å². The van der Waals surface area contributed by atoms with Crippen molar-refractivity contribution < 1.29 is 14.3 Å². The van der Waals surface area contributed by atoms with Gasteiger partial charge in [-0.3, -0.25) is 0 Å². The first-order chi connectivity index (χ1) is 12.0. The highest BCUT2D eigenvalue weighted by molar-refractivity contribution is 7.99. The quantitative estimate of drug-likeness (QED) is 0.628. The van der Waals surface area contributed by atoms with Gasteiger partial charge in [-0.05, 0) is 12.8 Å². The summed E-state index contributed by atoms with van der Waals surface area (Å²) in [6.45, 7) is 2.46. The van der Waals surface area contributed by atoms with E-state index in [1.54, 1.807) is 30.0 Å². The number of hydrogen-bond acceptors (Lipinski definition) is 6. The molecule has 1 aromatic rings. The summed E-state index contributed by atoms with van der Waals surface area (Å²) in [6, 6.07) is -0.0618. The Kier molecular flexibility index (Phi) is 5.36. The lowest BCUT2D eigenvalue weighted by atomic mass is 9.95. The average molecular weight is 368 g/mol. The van der Waals surface area contributed by atoms with Crippen LogP contribution >= 0.6 is 11.8 Å². The number of nitrogens with zero attached hydrogens (tertiary/aromatic N) is 5. The molecule has 0 radical (unpaired) electrons. The molecule has 2 saturated heterocycles. The van der Waals surface area contributed by atoms with E-state index < -0.39 is 5.60 Å². The number of hydrogen-bond donors (Lipinski definition) is 1. The summed E-state index contributed by atoms with van der Waals surface area (Å²) in [7, 11) is 3.64. The average Bonchev–Trinajstić information content (AvgIpc) is 3.02. The topological polar surface area (TPSA) is 92.6 Å². The Labute approximate surface area is 151 Å². The zero-order valence-electron chi connectivity index (χ0n) is 14.6. The van der Waals surface area contributed by atoms with Crippen molar-refractivity contribution in [1.29, 1.82) is 0 Å². The number of likely N-dealkylation sites (tertiary alicyclic amines) is 1. The molecule has 138 valence electrons. The highest BCUT2D eigenvalue weighted by Gasteiger charge is 2.44. The van der Waals surface area contributed by atoms with Gasteiger partial charge in [0, 0.05) is 45.9 Å². The fourth-order valence-corrected chi connectivity index (χ4v) is 3.98. The third-order valence-electron chi connectivity index (χ3n) is 4.61. The molecular formula is C15H24N6O3S. The summed E-state index contributed by atoms with van der Waals surface area (Å²) in [5.41, 5.74) is -0.429. The number of ether oxygens (including phenoxy) is 1. The molecule has 0 bridgehead atoms. The molecule has 0 unspecified atom stereocenters. The fraction of sp³-hybridized carbons (Fsp3) is 0.733. The number of aromatic nitrogens is 3. The van der Waals surface area contributed by atoms with E-state index in [4.69, 9.17) is 4.74 Å². The third-order valence-corrected chi connectivity index (χ3v) is 5.64. The van der Waals surface area contributed by atoms with Gasteiger partial charge in [0.15, 0.2) is 5.16 Å². The summed E-state index contributed by atoms with van der Waals surface area (Å²) in [4.78, 5) is 27.5. The molecule has 0 aromatic carbocycles. The lowest BCUT2D eigenvalue weighted by Crippen LogP contribution is -2.42. The van der Waals surface area contributed by atoms with Crippen LogP contribution in [0, 0.1) is 0 Å².